The van der Waals surface area contributed by atoms with Gasteiger partial charge in [-0.25, -0.2) is 4.39 Å². The van der Waals surface area contributed by atoms with E-state index in [0.29, 0.717) is 6.10 Å². The van der Waals surface area contributed by atoms with Crippen molar-refractivity contribution in [2.75, 3.05) is 70.4 Å². The number of anilines is 1. The van der Waals surface area contributed by atoms with Crippen molar-refractivity contribution in [3.05, 3.63) is 30.1 Å². The Morgan fingerprint density at radius 1 is 1.10 bits per heavy atom. The number of hydrogen-bond donors (Lipinski definition) is 1. The van der Waals surface area contributed by atoms with Crippen molar-refractivity contribution in [1.29, 1.82) is 0 Å². The van der Waals surface area contributed by atoms with Gasteiger partial charge in [0, 0.05) is 65.5 Å². The summed E-state index contributed by atoms with van der Waals surface area (Å²) in [6.07, 6.45) is 3.59. The molecular weight excluding hydrogens is 508 g/mol. The molecule has 1 N–H and O–H groups in total. The predicted octanol–water partition coefficient (Wildman–Crippen LogP) is 3.42. The van der Waals surface area contributed by atoms with Gasteiger partial charge in [-0.1, -0.05) is 12.1 Å². The van der Waals surface area contributed by atoms with Crippen molar-refractivity contribution in [2.45, 2.75) is 39.2 Å². The lowest BCUT2D eigenvalue weighted by Gasteiger charge is -2.36. The molecule has 8 heteroatoms. The van der Waals surface area contributed by atoms with Gasteiger partial charge in [0.15, 0.2) is 5.96 Å². The van der Waals surface area contributed by atoms with Crippen LogP contribution < -0.4 is 10.2 Å². The molecule has 2 fully saturated rings. The van der Waals surface area contributed by atoms with E-state index in [1.807, 2.05) is 12.1 Å². The van der Waals surface area contributed by atoms with Crippen molar-refractivity contribution in [3.8, 4) is 0 Å². The second-order valence-electron chi connectivity index (χ2n) is 8.01. The first-order chi connectivity index (χ1) is 14.7. The van der Waals surface area contributed by atoms with Crippen molar-refractivity contribution < 1.29 is 9.13 Å². The van der Waals surface area contributed by atoms with Crippen LogP contribution in [-0.4, -0.2) is 87.4 Å². The number of piperidine rings is 1. The summed E-state index contributed by atoms with van der Waals surface area (Å²) in [5, 5.41) is 3.45. The minimum absolute atomic E-state index is 0. The monoisotopic (exact) mass is 547 g/mol. The number of guanidine groups is 1. The lowest BCUT2D eigenvalue weighted by atomic mass is 10.1. The first-order valence-electron chi connectivity index (χ1n) is 11.6. The number of hydrogen-bond acceptors (Lipinski definition) is 4. The molecule has 0 amide bonds. The highest BCUT2D eigenvalue weighted by Gasteiger charge is 2.22. The van der Waals surface area contributed by atoms with Gasteiger partial charge < -0.3 is 19.9 Å². The van der Waals surface area contributed by atoms with E-state index in [9.17, 15) is 4.39 Å². The topological polar surface area (TPSA) is 43.3 Å². The summed E-state index contributed by atoms with van der Waals surface area (Å²) in [4.78, 5) is 11.9. The van der Waals surface area contributed by atoms with Crippen LogP contribution in [0, 0.1) is 5.82 Å². The van der Waals surface area contributed by atoms with Gasteiger partial charge in [0.25, 0.3) is 0 Å². The summed E-state index contributed by atoms with van der Waals surface area (Å²) in [7, 11) is 0. The summed E-state index contributed by atoms with van der Waals surface area (Å²) in [5.41, 5.74) is 0.727. The number of nitrogens with zero attached hydrogens (tertiary/aromatic N) is 4. The fourth-order valence-electron chi connectivity index (χ4n) is 4.30. The average molecular weight is 548 g/mol. The molecule has 2 saturated heterocycles. The zero-order chi connectivity index (χ0) is 21.2. The van der Waals surface area contributed by atoms with Crippen LogP contribution in [0.1, 0.15) is 33.1 Å². The summed E-state index contributed by atoms with van der Waals surface area (Å²) in [6.45, 7) is 13.5. The Labute approximate surface area is 204 Å². The van der Waals surface area contributed by atoms with E-state index in [-0.39, 0.29) is 29.8 Å². The molecule has 0 aliphatic carbocycles. The Hall–Kier alpha value is -1.13. The van der Waals surface area contributed by atoms with Crippen LogP contribution in [0.2, 0.25) is 0 Å². The number of para-hydroxylation sites is 1. The van der Waals surface area contributed by atoms with E-state index in [1.54, 1.807) is 12.1 Å². The molecule has 2 heterocycles. The number of nitrogens with one attached hydrogen (secondary N) is 1. The number of piperazine rings is 1. The van der Waals surface area contributed by atoms with Gasteiger partial charge in [0.05, 0.1) is 11.8 Å². The van der Waals surface area contributed by atoms with Gasteiger partial charge >= 0.3 is 0 Å². The summed E-state index contributed by atoms with van der Waals surface area (Å²) >= 11 is 0. The Bertz CT molecular complexity index is 661. The number of aliphatic imine (C=N–C) groups is 1. The van der Waals surface area contributed by atoms with E-state index in [1.165, 1.54) is 0 Å². The molecule has 0 unspecified atom stereocenters. The Morgan fingerprint density at radius 2 is 1.81 bits per heavy atom. The third kappa shape index (κ3) is 8.05. The first kappa shape index (κ1) is 26.1. The van der Waals surface area contributed by atoms with Gasteiger partial charge in [-0.3, -0.25) is 9.89 Å². The second kappa shape index (κ2) is 14.1. The Morgan fingerprint density at radius 3 is 2.45 bits per heavy atom. The fraction of sp³-hybridized carbons (Fsp3) is 0.696. The number of likely N-dealkylation sites (tertiary alicyclic amines) is 1. The van der Waals surface area contributed by atoms with Gasteiger partial charge in [-0.15, -0.1) is 24.0 Å². The van der Waals surface area contributed by atoms with Crippen LogP contribution >= 0.6 is 24.0 Å². The maximum Gasteiger partial charge on any atom is 0.193 e. The quantitative estimate of drug-likeness (QED) is 0.234. The largest absolute Gasteiger partial charge is 0.378 e. The van der Waals surface area contributed by atoms with Crippen LogP contribution in [0.4, 0.5) is 10.1 Å². The molecule has 0 saturated carbocycles. The normalized spacial score (nSPS) is 18.7. The van der Waals surface area contributed by atoms with Crippen LogP contribution in [0.15, 0.2) is 29.3 Å². The lowest BCUT2D eigenvalue weighted by molar-refractivity contribution is 0.0264. The zero-order valence-corrected chi connectivity index (χ0v) is 21.4. The van der Waals surface area contributed by atoms with E-state index < -0.39 is 0 Å². The van der Waals surface area contributed by atoms with Gasteiger partial charge in [-0.2, -0.15) is 0 Å². The summed E-state index contributed by atoms with van der Waals surface area (Å²) in [5.74, 6) is 0.915. The highest BCUT2D eigenvalue weighted by molar-refractivity contribution is 14.0. The molecule has 0 atom stereocenters. The molecule has 176 valence electrons. The molecule has 3 rings (SSSR count). The van der Waals surface area contributed by atoms with E-state index >= 15 is 0 Å². The van der Waals surface area contributed by atoms with E-state index in [4.69, 9.17) is 9.73 Å². The third-order valence-corrected chi connectivity index (χ3v) is 5.94. The Balaban J connectivity index is 0.00000341. The van der Waals surface area contributed by atoms with Crippen molar-refractivity contribution in [2.24, 2.45) is 4.99 Å². The van der Waals surface area contributed by atoms with Crippen LogP contribution in [0.5, 0.6) is 0 Å². The van der Waals surface area contributed by atoms with Gasteiger partial charge in [-0.05, 0) is 45.2 Å². The minimum atomic E-state index is -0.124. The molecule has 1 aromatic carbocycles. The SMILES string of the molecule is CCNC(=NCCCN1CCN(c2ccccc2F)CC1)N1CCC(OCC)CC1.I. The second-order valence-corrected chi connectivity index (χ2v) is 8.01. The standard InChI is InChI=1S/C23H38FN5O.HI/c1-3-25-23(29-14-10-20(11-15-29)30-4-2)26-12-7-13-27-16-18-28(19-17-27)22-9-6-5-8-21(22)24;/h5-6,8-9,20H,3-4,7,10-19H2,1-2H3,(H,25,26);1H. The molecular formula is C23H39FIN5O. The summed E-state index contributed by atoms with van der Waals surface area (Å²) in [6, 6.07) is 7.07. The first-order valence-corrected chi connectivity index (χ1v) is 11.6. The van der Waals surface area contributed by atoms with Gasteiger partial charge in [0.1, 0.15) is 5.82 Å². The maximum absolute atomic E-state index is 14.0. The number of ether oxygens (including phenoxy) is 1. The van der Waals surface area contributed by atoms with Crippen LogP contribution in [-0.2, 0) is 4.74 Å². The predicted molar refractivity (Wildman–Crippen MR) is 137 cm³/mol. The molecule has 0 bridgehead atoms. The number of benzene rings is 1. The molecule has 0 spiro atoms. The molecule has 1 aromatic rings. The molecule has 0 radical (unpaired) electrons. The zero-order valence-electron chi connectivity index (χ0n) is 19.1. The third-order valence-electron chi connectivity index (χ3n) is 5.94. The number of halogens is 2. The minimum Gasteiger partial charge on any atom is -0.378 e. The molecule has 0 aromatic heterocycles. The van der Waals surface area contributed by atoms with Crippen LogP contribution in [0.25, 0.3) is 0 Å². The molecule has 2 aliphatic heterocycles. The molecule has 6 nitrogen and oxygen atoms in total. The highest BCUT2D eigenvalue weighted by Crippen LogP contribution is 2.20. The highest BCUT2D eigenvalue weighted by atomic mass is 127. The molecule has 2 aliphatic rings. The molecule has 31 heavy (non-hydrogen) atoms. The van der Waals surface area contributed by atoms with Crippen molar-refractivity contribution >= 4 is 35.6 Å². The summed E-state index contributed by atoms with van der Waals surface area (Å²) < 4.78 is 19.7. The smallest absolute Gasteiger partial charge is 0.193 e. The maximum atomic E-state index is 14.0. The van der Waals surface area contributed by atoms with E-state index in [2.05, 4.69) is 33.9 Å². The Kier molecular flexibility index (Phi) is 11.9. The number of rotatable bonds is 8. The van der Waals surface area contributed by atoms with E-state index in [0.717, 1.165) is 96.4 Å². The van der Waals surface area contributed by atoms with Crippen molar-refractivity contribution in [1.82, 2.24) is 15.1 Å². The average Bonchev–Trinajstić information content (AvgIpc) is 2.78. The van der Waals surface area contributed by atoms with Gasteiger partial charge in [0.2, 0.25) is 0 Å². The van der Waals surface area contributed by atoms with Crippen LogP contribution in [0.3, 0.4) is 0 Å². The fourth-order valence-corrected chi connectivity index (χ4v) is 4.30. The van der Waals surface area contributed by atoms with Crippen molar-refractivity contribution in [3.63, 3.8) is 0 Å². The lowest BCUT2D eigenvalue weighted by Crippen LogP contribution is -2.47.